The van der Waals surface area contributed by atoms with Crippen molar-refractivity contribution in [1.82, 2.24) is 0 Å². The van der Waals surface area contributed by atoms with Gasteiger partial charge in [-0.2, -0.15) is 0 Å². The number of esters is 1. The molecule has 0 N–H and O–H groups in total. The van der Waals surface area contributed by atoms with E-state index in [-0.39, 0.29) is 28.4 Å². The Hall–Kier alpha value is -1.71. The van der Waals surface area contributed by atoms with Crippen molar-refractivity contribution in [2.24, 2.45) is 28.6 Å². The van der Waals surface area contributed by atoms with Gasteiger partial charge in [-0.3, -0.25) is 14.4 Å². The van der Waals surface area contributed by atoms with Gasteiger partial charge < -0.3 is 4.74 Å². The van der Waals surface area contributed by atoms with Crippen molar-refractivity contribution in [3.63, 3.8) is 0 Å². The number of ketones is 2. The minimum absolute atomic E-state index is 0.00184. The lowest BCUT2D eigenvalue weighted by atomic mass is 9.45. The second-order valence-electron chi connectivity index (χ2n) is 10.1. The summed E-state index contributed by atoms with van der Waals surface area (Å²) in [5.41, 5.74) is 0.944. The average molecular weight is 385 g/mol. The molecule has 4 aliphatic carbocycles. The van der Waals surface area contributed by atoms with Crippen molar-refractivity contribution in [2.45, 2.75) is 78.2 Å². The summed E-state index contributed by atoms with van der Waals surface area (Å²) in [5.74, 6) is 1.10. The zero-order valence-corrected chi connectivity index (χ0v) is 17.6. The Morgan fingerprint density at radius 3 is 2.43 bits per heavy atom. The summed E-state index contributed by atoms with van der Waals surface area (Å²) in [7, 11) is 0. The molecule has 4 rings (SSSR count). The minimum atomic E-state index is -0.991. The fraction of sp³-hybridized carbons (Fsp3) is 0.708. The van der Waals surface area contributed by atoms with Crippen molar-refractivity contribution >= 4 is 17.5 Å². The highest BCUT2D eigenvalue weighted by Gasteiger charge is 2.68. The monoisotopic (exact) mass is 384 g/mol. The van der Waals surface area contributed by atoms with Crippen LogP contribution in [0.1, 0.15) is 72.6 Å². The number of fused-ring (bicyclic) bond motifs is 5. The van der Waals surface area contributed by atoms with Crippen molar-refractivity contribution in [1.29, 1.82) is 0 Å². The van der Waals surface area contributed by atoms with Crippen LogP contribution in [0.15, 0.2) is 23.8 Å². The Balaban J connectivity index is 1.75. The van der Waals surface area contributed by atoms with Gasteiger partial charge in [-0.15, -0.1) is 0 Å². The summed E-state index contributed by atoms with van der Waals surface area (Å²) < 4.78 is 5.82. The van der Waals surface area contributed by atoms with Gasteiger partial charge in [-0.05, 0) is 80.3 Å². The number of rotatable bonds is 2. The summed E-state index contributed by atoms with van der Waals surface area (Å²) in [4.78, 5) is 36.7. The summed E-state index contributed by atoms with van der Waals surface area (Å²) >= 11 is 0. The predicted molar refractivity (Wildman–Crippen MR) is 106 cm³/mol. The van der Waals surface area contributed by atoms with Crippen LogP contribution in [0.5, 0.6) is 0 Å². The number of hydrogen-bond donors (Lipinski definition) is 0. The van der Waals surface area contributed by atoms with Gasteiger partial charge in [0.1, 0.15) is 0 Å². The molecule has 0 aromatic carbocycles. The highest BCUT2D eigenvalue weighted by atomic mass is 16.6. The maximum absolute atomic E-state index is 12.8. The number of carbonyl (C=O) groups excluding carboxylic acids is 3. The molecule has 0 radical (unpaired) electrons. The highest BCUT2D eigenvalue weighted by molar-refractivity contribution is 5.92. The molecule has 0 aromatic heterocycles. The Morgan fingerprint density at radius 2 is 1.79 bits per heavy atom. The number of carbonyl (C=O) groups is 3. The van der Waals surface area contributed by atoms with E-state index in [9.17, 15) is 14.4 Å². The molecule has 3 saturated carbocycles. The molecule has 6 unspecified atom stereocenters. The molecule has 4 nitrogen and oxygen atoms in total. The van der Waals surface area contributed by atoms with Crippen molar-refractivity contribution in [3.8, 4) is 0 Å². The maximum atomic E-state index is 12.8. The van der Waals surface area contributed by atoms with Crippen LogP contribution in [0.2, 0.25) is 0 Å². The second-order valence-corrected chi connectivity index (χ2v) is 10.1. The molecule has 4 heteroatoms. The van der Waals surface area contributed by atoms with Gasteiger partial charge in [0.15, 0.2) is 17.2 Å². The summed E-state index contributed by atoms with van der Waals surface area (Å²) in [6, 6.07) is 0. The molecular weight excluding hydrogens is 352 g/mol. The van der Waals surface area contributed by atoms with Gasteiger partial charge >= 0.3 is 5.97 Å². The number of hydrogen-bond acceptors (Lipinski definition) is 4. The third-order valence-electron chi connectivity index (χ3n) is 8.94. The fourth-order valence-corrected chi connectivity index (χ4v) is 7.63. The molecule has 0 bridgehead atoms. The zero-order chi connectivity index (χ0) is 20.5. The van der Waals surface area contributed by atoms with Gasteiger partial charge in [0, 0.05) is 18.8 Å². The third-order valence-corrected chi connectivity index (χ3v) is 8.94. The molecule has 6 atom stereocenters. The van der Waals surface area contributed by atoms with E-state index in [0.29, 0.717) is 30.6 Å². The lowest BCUT2D eigenvalue weighted by molar-refractivity contribution is -0.186. The second kappa shape index (κ2) is 6.14. The van der Waals surface area contributed by atoms with E-state index in [4.69, 9.17) is 4.74 Å². The molecule has 28 heavy (non-hydrogen) atoms. The smallest absolute Gasteiger partial charge is 0.303 e. The SMILES string of the molecule is C=C1CC2C(CCC3(C)C2CCC3(OC(C)=O)C(C)=O)C2(C)CCC(=O)C=C12. The molecule has 0 saturated heterocycles. The topological polar surface area (TPSA) is 60.4 Å². The normalized spacial score (nSPS) is 44.9. The molecule has 152 valence electrons. The van der Waals surface area contributed by atoms with E-state index in [2.05, 4.69) is 20.4 Å². The first-order valence-electron chi connectivity index (χ1n) is 10.7. The Bertz CT molecular complexity index is 807. The molecule has 0 aliphatic heterocycles. The van der Waals surface area contributed by atoms with Crippen LogP contribution in [-0.4, -0.2) is 23.1 Å². The van der Waals surface area contributed by atoms with E-state index < -0.39 is 5.60 Å². The summed E-state index contributed by atoms with van der Waals surface area (Å²) in [6.07, 6.45) is 7.66. The first-order chi connectivity index (χ1) is 13.0. The van der Waals surface area contributed by atoms with Crippen LogP contribution in [0.3, 0.4) is 0 Å². The van der Waals surface area contributed by atoms with Crippen LogP contribution in [0.4, 0.5) is 0 Å². The van der Waals surface area contributed by atoms with Gasteiger partial charge in [-0.25, -0.2) is 0 Å². The van der Waals surface area contributed by atoms with Gasteiger partial charge in [0.05, 0.1) is 0 Å². The Kier molecular flexibility index (Phi) is 4.30. The van der Waals surface area contributed by atoms with Gasteiger partial charge in [-0.1, -0.05) is 26.0 Å². The molecule has 0 amide bonds. The van der Waals surface area contributed by atoms with Crippen LogP contribution in [-0.2, 0) is 19.1 Å². The lowest BCUT2D eigenvalue weighted by Gasteiger charge is -2.59. The first-order valence-corrected chi connectivity index (χ1v) is 10.7. The highest BCUT2D eigenvalue weighted by Crippen LogP contribution is 2.68. The largest absolute Gasteiger partial charge is 0.451 e. The maximum Gasteiger partial charge on any atom is 0.303 e. The molecule has 3 fully saturated rings. The third kappa shape index (κ3) is 2.39. The lowest BCUT2D eigenvalue weighted by Crippen LogP contribution is -2.58. The van der Waals surface area contributed by atoms with E-state index in [1.54, 1.807) is 6.92 Å². The van der Waals surface area contributed by atoms with E-state index in [0.717, 1.165) is 37.7 Å². The number of ether oxygens (including phenoxy) is 1. The Labute approximate surface area is 167 Å². The summed E-state index contributed by atoms with van der Waals surface area (Å²) in [6.45, 7) is 11.8. The summed E-state index contributed by atoms with van der Waals surface area (Å²) in [5, 5.41) is 0. The van der Waals surface area contributed by atoms with E-state index in [1.807, 2.05) is 6.08 Å². The molecule has 0 aromatic rings. The molecule has 4 aliphatic rings. The Morgan fingerprint density at radius 1 is 1.11 bits per heavy atom. The molecular formula is C24H32O4. The average Bonchev–Trinajstić information content (AvgIpc) is 2.90. The van der Waals surface area contributed by atoms with Crippen molar-refractivity contribution < 1.29 is 19.1 Å². The van der Waals surface area contributed by atoms with E-state index >= 15 is 0 Å². The minimum Gasteiger partial charge on any atom is -0.451 e. The first kappa shape index (κ1) is 19.6. The van der Waals surface area contributed by atoms with Crippen molar-refractivity contribution in [3.05, 3.63) is 23.8 Å². The zero-order valence-electron chi connectivity index (χ0n) is 17.6. The van der Waals surface area contributed by atoms with Gasteiger partial charge in [0.25, 0.3) is 0 Å². The van der Waals surface area contributed by atoms with Crippen LogP contribution in [0, 0.1) is 28.6 Å². The van der Waals surface area contributed by atoms with E-state index in [1.165, 1.54) is 12.5 Å². The number of Topliss-reactive ketones (excluding diaryl/α,β-unsaturated/α-hetero) is 1. The standard InChI is InChI=1S/C24H32O4/c1-14-12-18-19(22(4)9-6-17(27)13-21(14)22)7-10-23(5)20(18)8-11-24(23,15(2)25)28-16(3)26/h13,18-20H,1,6-12H2,2-5H3. The fourth-order valence-electron chi connectivity index (χ4n) is 7.63. The number of allylic oxidation sites excluding steroid dienone is 2. The van der Waals surface area contributed by atoms with Crippen LogP contribution in [0.25, 0.3) is 0 Å². The van der Waals surface area contributed by atoms with Crippen LogP contribution < -0.4 is 0 Å². The molecule has 0 spiro atoms. The molecule has 0 heterocycles. The van der Waals surface area contributed by atoms with Crippen LogP contribution >= 0.6 is 0 Å². The van der Waals surface area contributed by atoms with Crippen molar-refractivity contribution in [2.75, 3.05) is 0 Å². The van der Waals surface area contributed by atoms with Gasteiger partial charge in [0.2, 0.25) is 0 Å². The predicted octanol–water partition coefficient (Wildman–Crippen LogP) is 4.58. The quantitative estimate of drug-likeness (QED) is 0.654.